The number of morpholine rings is 1. The zero-order valence-electron chi connectivity index (χ0n) is 14.5. The van der Waals surface area contributed by atoms with E-state index in [0.29, 0.717) is 18.2 Å². The van der Waals surface area contributed by atoms with E-state index < -0.39 is 0 Å². The fourth-order valence-corrected chi connectivity index (χ4v) is 4.08. The molecule has 2 aliphatic rings. The molecule has 0 radical (unpaired) electrons. The maximum Gasteiger partial charge on any atom is 0.0745 e. The first-order valence-electron chi connectivity index (χ1n) is 8.63. The van der Waals surface area contributed by atoms with Gasteiger partial charge >= 0.3 is 0 Å². The smallest absolute Gasteiger partial charge is 0.0745 e. The SMILES string of the molecule is Cc1ccc(CN2CCO[C@@H]3C[C@H](N(C)C)CC[C@@H]32)c(C)c1. The van der Waals surface area contributed by atoms with Crippen LogP contribution in [0, 0.1) is 13.8 Å². The summed E-state index contributed by atoms with van der Waals surface area (Å²) in [5.74, 6) is 0. The van der Waals surface area contributed by atoms with Gasteiger partial charge in [-0.05, 0) is 58.3 Å². The molecule has 0 aromatic heterocycles. The van der Waals surface area contributed by atoms with Crippen molar-refractivity contribution in [1.29, 1.82) is 0 Å². The Kier molecular flexibility index (Phi) is 4.86. The molecular weight excluding hydrogens is 272 g/mol. The normalized spacial score (nSPS) is 29.6. The maximum absolute atomic E-state index is 6.11. The minimum absolute atomic E-state index is 0.417. The van der Waals surface area contributed by atoms with Gasteiger partial charge in [0.15, 0.2) is 0 Å². The number of aryl methyl sites for hydroxylation is 2. The van der Waals surface area contributed by atoms with Crippen molar-refractivity contribution in [3.63, 3.8) is 0 Å². The zero-order valence-corrected chi connectivity index (χ0v) is 14.5. The molecule has 3 nitrogen and oxygen atoms in total. The summed E-state index contributed by atoms with van der Waals surface area (Å²) in [5, 5.41) is 0. The Balaban J connectivity index is 1.69. The van der Waals surface area contributed by atoms with Crippen molar-refractivity contribution >= 4 is 0 Å². The van der Waals surface area contributed by atoms with Gasteiger partial charge in [-0.1, -0.05) is 23.8 Å². The molecule has 0 N–H and O–H groups in total. The van der Waals surface area contributed by atoms with Crippen LogP contribution in [0.2, 0.25) is 0 Å². The van der Waals surface area contributed by atoms with E-state index >= 15 is 0 Å². The average molecular weight is 302 g/mol. The summed E-state index contributed by atoms with van der Waals surface area (Å²) in [6.07, 6.45) is 4.15. The van der Waals surface area contributed by atoms with E-state index in [9.17, 15) is 0 Å². The van der Waals surface area contributed by atoms with E-state index in [2.05, 4.69) is 55.9 Å². The Bertz CT molecular complexity index is 514. The molecule has 1 aromatic rings. The van der Waals surface area contributed by atoms with Gasteiger partial charge < -0.3 is 9.64 Å². The quantitative estimate of drug-likeness (QED) is 0.854. The van der Waals surface area contributed by atoms with Crippen LogP contribution in [-0.4, -0.2) is 55.2 Å². The largest absolute Gasteiger partial charge is 0.375 e. The standard InChI is InChI=1S/C19H30N2O/c1-14-5-6-16(15(2)11-14)13-21-9-10-22-19-12-17(20(3)4)7-8-18(19)21/h5-6,11,17-19H,7-10,12-13H2,1-4H3/t17-,18+,19-/m1/s1. The lowest BCUT2D eigenvalue weighted by Gasteiger charge is -2.47. The Morgan fingerprint density at radius 3 is 2.77 bits per heavy atom. The molecule has 1 saturated carbocycles. The van der Waals surface area contributed by atoms with Gasteiger partial charge in [-0.2, -0.15) is 0 Å². The van der Waals surface area contributed by atoms with E-state index in [1.807, 2.05) is 0 Å². The second kappa shape index (κ2) is 6.69. The molecule has 2 fully saturated rings. The zero-order chi connectivity index (χ0) is 15.7. The highest BCUT2D eigenvalue weighted by Crippen LogP contribution is 2.31. The molecule has 1 heterocycles. The van der Waals surface area contributed by atoms with E-state index in [0.717, 1.165) is 19.7 Å². The number of fused-ring (bicyclic) bond motifs is 1. The van der Waals surface area contributed by atoms with Crippen molar-refractivity contribution in [2.75, 3.05) is 27.2 Å². The number of nitrogens with zero attached hydrogens (tertiary/aromatic N) is 2. The van der Waals surface area contributed by atoms with Crippen molar-refractivity contribution in [3.05, 3.63) is 34.9 Å². The molecule has 1 aliphatic carbocycles. The summed E-state index contributed by atoms with van der Waals surface area (Å²) in [7, 11) is 4.39. The lowest BCUT2D eigenvalue weighted by Crippen LogP contribution is -2.55. The van der Waals surface area contributed by atoms with E-state index in [-0.39, 0.29) is 0 Å². The summed E-state index contributed by atoms with van der Waals surface area (Å²) >= 11 is 0. The van der Waals surface area contributed by atoms with Crippen LogP contribution in [0.15, 0.2) is 18.2 Å². The van der Waals surface area contributed by atoms with E-state index in [4.69, 9.17) is 4.74 Å². The summed E-state index contributed by atoms with van der Waals surface area (Å²) in [4.78, 5) is 5.03. The van der Waals surface area contributed by atoms with Crippen LogP contribution in [0.3, 0.4) is 0 Å². The van der Waals surface area contributed by atoms with Crippen molar-refractivity contribution < 1.29 is 4.74 Å². The minimum atomic E-state index is 0.417. The molecule has 1 saturated heterocycles. The number of benzene rings is 1. The highest BCUT2D eigenvalue weighted by molar-refractivity contribution is 5.30. The molecule has 3 atom stereocenters. The fourth-order valence-electron chi connectivity index (χ4n) is 4.08. The summed E-state index contributed by atoms with van der Waals surface area (Å²) in [5.41, 5.74) is 4.25. The first kappa shape index (κ1) is 16.0. The highest BCUT2D eigenvalue weighted by Gasteiger charge is 2.38. The third kappa shape index (κ3) is 3.37. The van der Waals surface area contributed by atoms with Gasteiger partial charge in [-0.3, -0.25) is 4.90 Å². The van der Waals surface area contributed by atoms with Crippen LogP contribution in [0.25, 0.3) is 0 Å². The lowest BCUT2D eigenvalue weighted by atomic mass is 9.85. The van der Waals surface area contributed by atoms with Gasteiger partial charge in [0.05, 0.1) is 12.7 Å². The summed E-state index contributed by atoms with van der Waals surface area (Å²) in [6, 6.07) is 8.13. The Labute approximate surface area is 135 Å². The second-order valence-corrected chi connectivity index (χ2v) is 7.31. The molecule has 1 aromatic carbocycles. The summed E-state index contributed by atoms with van der Waals surface area (Å²) < 4.78 is 6.11. The Morgan fingerprint density at radius 1 is 1.23 bits per heavy atom. The molecule has 0 spiro atoms. The van der Waals surface area contributed by atoms with E-state index in [1.54, 1.807) is 0 Å². The molecule has 0 bridgehead atoms. The fraction of sp³-hybridized carbons (Fsp3) is 0.684. The van der Waals surface area contributed by atoms with Crippen LogP contribution in [0.4, 0.5) is 0 Å². The minimum Gasteiger partial charge on any atom is -0.375 e. The molecule has 3 rings (SSSR count). The summed E-state index contributed by atoms with van der Waals surface area (Å²) in [6.45, 7) is 7.43. The molecule has 22 heavy (non-hydrogen) atoms. The first-order chi connectivity index (χ1) is 10.5. The number of ether oxygens (including phenoxy) is 1. The van der Waals surface area contributed by atoms with Crippen LogP contribution in [0.5, 0.6) is 0 Å². The number of rotatable bonds is 3. The third-order valence-electron chi connectivity index (χ3n) is 5.51. The highest BCUT2D eigenvalue weighted by atomic mass is 16.5. The van der Waals surface area contributed by atoms with Crippen molar-refractivity contribution in [2.24, 2.45) is 0 Å². The van der Waals surface area contributed by atoms with Crippen LogP contribution in [-0.2, 0) is 11.3 Å². The van der Waals surface area contributed by atoms with Gasteiger partial charge in [-0.25, -0.2) is 0 Å². The second-order valence-electron chi connectivity index (χ2n) is 7.31. The monoisotopic (exact) mass is 302 g/mol. The van der Waals surface area contributed by atoms with Crippen molar-refractivity contribution in [3.8, 4) is 0 Å². The van der Waals surface area contributed by atoms with Crippen molar-refractivity contribution in [1.82, 2.24) is 9.80 Å². The van der Waals surface area contributed by atoms with Gasteiger partial charge in [-0.15, -0.1) is 0 Å². The number of hydrogen-bond donors (Lipinski definition) is 0. The van der Waals surface area contributed by atoms with Crippen LogP contribution < -0.4 is 0 Å². The Hall–Kier alpha value is -0.900. The molecule has 0 unspecified atom stereocenters. The van der Waals surface area contributed by atoms with Crippen LogP contribution >= 0.6 is 0 Å². The predicted octanol–water partition coefficient (Wildman–Crippen LogP) is 2.99. The van der Waals surface area contributed by atoms with Gasteiger partial charge in [0.25, 0.3) is 0 Å². The van der Waals surface area contributed by atoms with Gasteiger partial charge in [0.1, 0.15) is 0 Å². The third-order valence-corrected chi connectivity index (χ3v) is 5.51. The Morgan fingerprint density at radius 2 is 2.05 bits per heavy atom. The topological polar surface area (TPSA) is 15.7 Å². The van der Waals surface area contributed by atoms with E-state index in [1.165, 1.54) is 36.0 Å². The molecule has 1 aliphatic heterocycles. The molecule has 0 amide bonds. The van der Waals surface area contributed by atoms with Gasteiger partial charge in [0.2, 0.25) is 0 Å². The lowest BCUT2D eigenvalue weighted by molar-refractivity contribution is -0.103. The maximum atomic E-state index is 6.11. The van der Waals surface area contributed by atoms with Crippen molar-refractivity contribution in [2.45, 2.75) is 57.8 Å². The predicted molar refractivity (Wildman–Crippen MR) is 91.2 cm³/mol. The molecule has 3 heteroatoms. The molecule has 122 valence electrons. The first-order valence-corrected chi connectivity index (χ1v) is 8.63. The van der Waals surface area contributed by atoms with Gasteiger partial charge in [0, 0.05) is 25.2 Å². The molecular formula is C19H30N2O. The average Bonchev–Trinajstić information content (AvgIpc) is 2.49. The number of hydrogen-bond acceptors (Lipinski definition) is 3. The van der Waals surface area contributed by atoms with Crippen LogP contribution in [0.1, 0.15) is 36.0 Å².